The van der Waals surface area contributed by atoms with Crippen molar-refractivity contribution < 1.29 is 8.81 Å². The van der Waals surface area contributed by atoms with Crippen LogP contribution in [0.3, 0.4) is 0 Å². The monoisotopic (exact) mass is 312 g/mol. The number of halogens is 2. The summed E-state index contributed by atoms with van der Waals surface area (Å²) < 4.78 is 19.4. The van der Waals surface area contributed by atoms with Crippen molar-refractivity contribution in [3.63, 3.8) is 0 Å². The molecule has 1 aromatic carbocycles. The van der Waals surface area contributed by atoms with Crippen LogP contribution in [0.5, 0.6) is 0 Å². The molecule has 0 saturated heterocycles. The first-order chi connectivity index (χ1) is 8.70. The molecule has 0 spiro atoms. The van der Waals surface area contributed by atoms with Crippen LogP contribution in [-0.2, 0) is 6.42 Å². The van der Waals surface area contributed by atoms with Gasteiger partial charge in [0, 0.05) is 12.0 Å². The summed E-state index contributed by atoms with van der Waals surface area (Å²) in [4.78, 5) is 4.19. The first kappa shape index (κ1) is 13.2. The maximum atomic E-state index is 13.4. The van der Waals surface area contributed by atoms with Crippen molar-refractivity contribution in [2.75, 3.05) is 13.6 Å². The SMILES string of the molecule is CNCCCc1ncc(-c2ccc(Br)c(F)c2)o1. The van der Waals surface area contributed by atoms with E-state index in [1.807, 2.05) is 7.05 Å². The van der Waals surface area contributed by atoms with Crippen molar-refractivity contribution in [2.24, 2.45) is 0 Å². The fraction of sp³-hybridized carbons (Fsp3) is 0.308. The van der Waals surface area contributed by atoms with E-state index in [0.29, 0.717) is 21.7 Å². The number of benzene rings is 1. The van der Waals surface area contributed by atoms with Gasteiger partial charge in [0.05, 0.1) is 10.7 Å². The smallest absolute Gasteiger partial charge is 0.194 e. The van der Waals surface area contributed by atoms with Gasteiger partial charge >= 0.3 is 0 Å². The molecule has 0 aliphatic carbocycles. The van der Waals surface area contributed by atoms with Crippen LogP contribution in [0.25, 0.3) is 11.3 Å². The van der Waals surface area contributed by atoms with E-state index in [1.54, 1.807) is 18.3 Å². The molecule has 18 heavy (non-hydrogen) atoms. The molecule has 2 aromatic rings. The fourth-order valence-electron chi connectivity index (χ4n) is 1.63. The van der Waals surface area contributed by atoms with E-state index < -0.39 is 0 Å². The van der Waals surface area contributed by atoms with Gasteiger partial charge in [-0.2, -0.15) is 0 Å². The Balaban J connectivity index is 2.11. The highest BCUT2D eigenvalue weighted by Crippen LogP contribution is 2.25. The van der Waals surface area contributed by atoms with Gasteiger partial charge in [0.2, 0.25) is 0 Å². The maximum absolute atomic E-state index is 13.4. The lowest BCUT2D eigenvalue weighted by Crippen LogP contribution is -2.08. The number of oxazole rings is 1. The molecule has 0 unspecified atom stereocenters. The molecule has 96 valence electrons. The molecule has 1 heterocycles. The molecule has 2 rings (SSSR count). The summed E-state index contributed by atoms with van der Waals surface area (Å²) in [5, 5.41) is 3.07. The van der Waals surface area contributed by atoms with Crippen molar-refractivity contribution in [1.82, 2.24) is 10.3 Å². The normalized spacial score (nSPS) is 10.8. The highest BCUT2D eigenvalue weighted by Gasteiger charge is 2.08. The second kappa shape index (κ2) is 6.11. The zero-order valence-corrected chi connectivity index (χ0v) is 11.6. The van der Waals surface area contributed by atoms with Gasteiger partial charge in [-0.25, -0.2) is 9.37 Å². The average Bonchev–Trinajstić information content (AvgIpc) is 2.82. The molecule has 0 atom stereocenters. The number of rotatable bonds is 5. The van der Waals surface area contributed by atoms with Gasteiger partial charge in [-0.05, 0) is 54.1 Å². The van der Waals surface area contributed by atoms with E-state index in [4.69, 9.17) is 4.42 Å². The van der Waals surface area contributed by atoms with Crippen molar-refractivity contribution in [3.05, 3.63) is 40.6 Å². The molecule has 5 heteroatoms. The summed E-state index contributed by atoms with van der Waals surface area (Å²) in [5.74, 6) is 0.977. The molecule has 0 amide bonds. The first-order valence-electron chi connectivity index (χ1n) is 5.75. The third-order valence-electron chi connectivity index (χ3n) is 2.58. The fourth-order valence-corrected chi connectivity index (χ4v) is 1.87. The third kappa shape index (κ3) is 3.17. The van der Waals surface area contributed by atoms with Gasteiger partial charge in [0.25, 0.3) is 0 Å². The third-order valence-corrected chi connectivity index (χ3v) is 3.22. The molecule has 0 aliphatic heterocycles. The standard InChI is InChI=1S/C13H14BrFN2O/c1-16-6-2-3-13-17-8-12(18-13)9-4-5-10(14)11(15)7-9/h4-5,7-8,16H,2-3,6H2,1H3. The van der Waals surface area contributed by atoms with E-state index in [0.717, 1.165) is 19.4 Å². The van der Waals surface area contributed by atoms with Gasteiger partial charge in [-0.1, -0.05) is 0 Å². The first-order valence-corrected chi connectivity index (χ1v) is 6.54. The zero-order chi connectivity index (χ0) is 13.0. The summed E-state index contributed by atoms with van der Waals surface area (Å²) in [7, 11) is 1.91. The Morgan fingerprint density at radius 1 is 1.44 bits per heavy atom. The molecule has 0 bridgehead atoms. The number of nitrogens with zero attached hydrogens (tertiary/aromatic N) is 1. The van der Waals surface area contributed by atoms with Crippen molar-refractivity contribution in [1.29, 1.82) is 0 Å². The Labute approximate surface area is 114 Å². The van der Waals surface area contributed by atoms with Crippen LogP contribution >= 0.6 is 15.9 Å². The van der Waals surface area contributed by atoms with Crippen molar-refractivity contribution in [2.45, 2.75) is 12.8 Å². The van der Waals surface area contributed by atoms with Crippen molar-refractivity contribution in [3.8, 4) is 11.3 Å². The van der Waals surface area contributed by atoms with Crippen LogP contribution in [-0.4, -0.2) is 18.6 Å². The van der Waals surface area contributed by atoms with Crippen LogP contribution in [0.15, 0.2) is 33.3 Å². The summed E-state index contributed by atoms with van der Waals surface area (Å²) in [6, 6.07) is 4.89. The quantitative estimate of drug-likeness (QED) is 0.860. The number of aryl methyl sites for hydroxylation is 1. The van der Waals surface area contributed by atoms with Crippen LogP contribution in [0.4, 0.5) is 4.39 Å². The van der Waals surface area contributed by atoms with Gasteiger partial charge < -0.3 is 9.73 Å². The molecule has 0 radical (unpaired) electrons. The van der Waals surface area contributed by atoms with E-state index in [9.17, 15) is 4.39 Å². The second-order valence-corrected chi connectivity index (χ2v) is 4.81. The molecule has 0 aliphatic rings. The summed E-state index contributed by atoms with van der Waals surface area (Å²) in [5.41, 5.74) is 0.697. The Morgan fingerprint density at radius 2 is 2.28 bits per heavy atom. The van der Waals surface area contributed by atoms with E-state index in [2.05, 4.69) is 26.2 Å². The van der Waals surface area contributed by atoms with E-state index in [1.165, 1.54) is 6.07 Å². The number of aromatic nitrogens is 1. The minimum absolute atomic E-state index is 0.305. The Bertz CT molecular complexity index is 527. The predicted octanol–water partition coefficient (Wildman–Crippen LogP) is 3.40. The van der Waals surface area contributed by atoms with Crippen LogP contribution in [0.2, 0.25) is 0 Å². The highest BCUT2D eigenvalue weighted by molar-refractivity contribution is 9.10. The second-order valence-electron chi connectivity index (χ2n) is 3.95. The largest absolute Gasteiger partial charge is 0.441 e. The molecular weight excluding hydrogens is 299 g/mol. The Kier molecular flexibility index (Phi) is 4.49. The van der Waals surface area contributed by atoms with Crippen LogP contribution in [0.1, 0.15) is 12.3 Å². The minimum atomic E-state index is -0.305. The summed E-state index contributed by atoms with van der Waals surface area (Å²) in [6.45, 7) is 0.921. The molecule has 0 fully saturated rings. The lowest BCUT2D eigenvalue weighted by molar-refractivity contribution is 0.495. The lowest BCUT2D eigenvalue weighted by atomic mass is 10.2. The summed E-state index contributed by atoms with van der Waals surface area (Å²) in [6.07, 6.45) is 3.38. The molecule has 1 N–H and O–H groups in total. The van der Waals surface area contributed by atoms with E-state index >= 15 is 0 Å². The van der Waals surface area contributed by atoms with Crippen LogP contribution in [0, 0.1) is 5.82 Å². The highest BCUT2D eigenvalue weighted by atomic mass is 79.9. The molecular formula is C13H14BrFN2O. The topological polar surface area (TPSA) is 38.1 Å². The minimum Gasteiger partial charge on any atom is -0.441 e. The number of hydrogen-bond donors (Lipinski definition) is 1. The predicted molar refractivity (Wildman–Crippen MR) is 71.8 cm³/mol. The lowest BCUT2D eigenvalue weighted by Gasteiger charge is -1.99. The Morgan fingerprint density at radius 3 is 3.00 bits per heavy atom. The van der Waals surface area contributed by atoms with Gasteiger partial charge in [0.15, 0.2) is 11.7 Å². The van der Waals surface area contributed by atoms with Gasteiger partial charge in [-0.3, -0.25) is 0 Å². The molecule has 3 nitrogen and oxygen atoms in total. The van der Waals surface area contributed by atoms with Crippen molar-refractivity contribution >= 4 is 15.9 Å². The zero-order valence-electron chi connectivity index (χ0n) is 10.0. The van der Waals surface area contributed by atoms with Gasteiger partial charge in [-0.15, -0.1) is 0 Å². The van der Waals surface area contributed by atoms with Gasteiger partial charge in [0.1, 0.15) is 5.82 Å². The number of hydrogen-bond acceptors (Lipinski definition) is 3. The van der Waals surface area contributed by atoms with E-state index in [-0.39, 0.29) is 5.82 Å². The Hall–Kier alpha value is -1.20. The molecule has 0 saturated carbocycles. The average molecular weight is 313 g/mol. The van der Waals surface area contributed by atoms with Crippen LogP contribution < -0.4 is 5.32 Å². The molecule has 1 aromatic heterocycles. The summed E-state index contributed by atoms with van der Waals surface area (Å²) >= 11 is 3.12. The number of nitrogens with one attached hydrogen (secondary N) is 1. The maximum Gasteiger partial charge on any atom is 0.194 e.